The number of esters is 1. The Balaban J connectivity index is 2.11. The number of alkyl carbamates (subject to hydrolysis) is 1. The molecule has 0 spiro atoms. The summed E-state index contributed by atoms with van der Waals surface area (Å²) in [4.78, 5) is 55.6. The third kappa shape index (κ3) is 10.6. The number of ether oxygens (including phenoxy) is 4. The number of benzene rings is 1. The minimum atomic E-state index is -1.87. The van der Waals surface area contributed by atoms with Crippen molar-refractivity contribution in [2.24, 2.45) is 5.92 Å². The molecule has 0 aromatic heterocycles. The minimum Gasteiger partial charge on any atom is -0.495 e. The molecule has 51 heavy (non-hydrogen) atoms. The zero-order valence-electron chi connectivity index (χ0n) is 30.9. The Hall–Kier alpha value is -3.30. The van der Waals surface area contributed by atoms with Crippen LogP contribution in [0.2, 0.25) is 5.02 Å². The molecule has 15 heteroatoms. The van der Waals surface area contributed by atoms with Gasteiger partial charge in [-0.15, -0.1) is 0 Å². The number of hydrogen-bond donors (Lipinski definition) is 3. The third-order valence-corrected chi connectivity index (χ3v) is 10.5. The summed E-state index contributed by atoms with van der Waals surface area (Å²) in [6.45, 7) is 6.56. The first-order valence-corrected chi connectivity index (χ1v) is 18.5. The van der Waals surface area contributed by atoms with Gasteiger partial charge in [0.15, 0.2) is 5.72 Å². The molecule has 1 aromatic rings. The van der Waals surface area contributed by atoms with E-state index in [9.17, 15) is 29.4 Å². The Labute approximate surface area is 309 Å². The van der Waals surface area contributed by atoms with Crippen LogP contribution in [-0.4, -0.2) is 115 Å². The lowest BCUT2D eigenvalue weighted by Gasteiger charge is -2.43. The molecule has 0 radical (unpaired) electrons. The highest BCUT2D eigenvalue weighted by Crippen LogP contribution is 2.38. The van der Waals surface area contributed by atoms with E-state index in [1.165, 1.54) is 63.7 Å². The summed E-state index contributed by atoms with van der Waals surface area (Å²) in [5.41, 5.74) is -1.69. The number of allylic oxidation sites excluding steroid dienone is 3. The van der Waals surface area contributed by atoms with E-state index < -0.39 is 66.0 Å². The molecule has 2 aliphatic rings. The quantitative estimate of drug-likeness (QED) is 0.325. The number of thioether (sulfide) groups is 1. The molecule has 4 bridgehead atoms. The summed E-state index contributed by atoms with van der Waals surface area (Å²) >= 11 is 8.21. The molecule has 0 saturated carbocycles. The van der Waals surface area contributed by atoms with Crippen LogP contribution in [0.25, 0.3) is 0 Å². The van der Waals surface area contributed by atoms with Crippen molar-refractivity contribution in [1.82, 2.24) is 10.2 Å². The van der Waals surface area contributed by atoms with Gasteiger partial charge in [-0.25, -0.2) is 9.59 Å². The fraction of sp³-hybridized carbons (Fsp3) is 0.611. The van der Waals surface area contributed by atoms with Crippen molar-refractivity contribution in [3.05, 3.63) is 46.5 Å². The zero-order chi connectivity index (χ0) is 38.3. The van der Waals surface area contributed by atoms with Crippen LogP contribution in [0.1, 0.15) is 58.9 Å². The van der Waals surface area contributed by atoms with Gasteiger partial charge >= 0.3 is 12.1 Å². The fourth-order valence-corrected chi connectivity index (χ4v) is 6.92. The number of nitrogens with one attached hydrogen (secondary N) is 1. The van der Waals surface area contributed by atoms with Crippen molar-refractivity contribution in [1.29, 1.82) is 0 Å². The molecule has 1 aromatic carbocycles. The molecule has 2 heterocycles. The highest BCUT2D eigenvalue weighted by molar-refractivity contribution is 7.98. The molecule has 3 N–H and O–H groups in total. The lowest BCUT2D eigenvalue weighted by atomic mass is 9.81. The topological polar surface area (TPSA) is 164 Å². The Kier molecular flexibility index (Phi) is 14.8. The van der Waals surface area contributed by atoms with Gasteiger partial charge in [-0.3, -0.25) is 14.9 Å². The summed E-state index contributed by atoms with van der Waals surface area (Å²) in [5.74, 6) is -1.30. The van der Waals surface area contributed by atoms with E-state index in [1.807, 2.05) is 19.3 Å². The number of nitrogens with zero attached hydrogens (tertiary/aromatic N) is 2. The molecular weight excluding hydrogens is 702 g/mol. The Morgan fingerprint density at radius 2 is 1.92 bits per heavy atom. The second-order valence-corrected chi connectivity index (χ2v) is 15.0. The smallest absolute Gasteiger partial charge is 0.409 e. The van der Waals surface area contributed by atoms with Crippen LogP contribution in [-0.2, 0) is 35.0 Å². The molecule has 3 rings (SSSR count). The van der Waals surface area contributed by atoms with Crippen LogP contribution in [0, 0.1) is 5.92 Å². The van der Waals surface area contributed by atoms with Crippen molar-refractivity contribution in [2.75, 3.05) is 45.2 Å². The van der Waals surface area contributed by atoms with Gasteiger partial charge in [-0.1, -0.05) is 42.3 Å². The van der Waals surface area contributed by atoms with Gasteiger partial charge in [-0.05, 0) is 63.5 Å². The van der Waals surface area contributed by atoms with Crippen LogP contribution in [0.4, 0.5) is 10.5 Å². The average molecular weight is 754 g/mol. The number of methoxy groups -OCH3 is 2. The Bertz CT molecular complexity index is 1500. The van der Waals surface area contributed by atoms with Gasteiger partial charge in [0.25, 0.3) is 0 Å². The maximum atomic E-state index is 14.0. The Morgan fingerprint density at radius 3 is 2.55 bits per heavy atom. The number of fused-ring (bicyclic) bond motifs is 4. The first-order valence-electron chi connectivity index (χ1n) is 16.8. The number of halogens is 1. The van der Waals surface area contributed by atoms with E-state index in [1.54, 1.807) is 31.2 Å². The highest BCUT2D eigenvalue weighted by atomic mass is 35.5. The predicted molar refractivity (Wildman–Crippen MR) is 196 cm³/mol. The van der Waals surface area contributed by atoms with Crippen LogP contribution in [0.3, 0.4) is 0 Å². The number of aliphatic hydroxyl groups is 2. The van der Waals surface area contributed by atoms with Gasteiger partial charge in [0.1, 0.15) is 35.1 Å². The molecule has 1 fully saturated rings. The molecule has 13 nitrogen and oxygen atoms in total. The lowest BCUT2D eigenvalue weighted by molar-refractivity contribution is -0.176. The standard InChI is InChI=1S/C36H52ClN3O10S/c1-21-11-10-12-28(48-8)36(46)20-27(49-34(44)38-36)22(2)19-35(4,45)29(50-33(43)23(3)39(5)30(41)13-14-51-9)18-31(42)40(6)25-16-24(15-21)17-26(47-7)32(25)37/h10-12,16-17,22-23,27-29,45-46H,13-15,18-20H2,1-9H3,(H,38,44)/b12-10+,21-11+/t22-,23-,27-,28+,29-,35+,36-/m0/s1. The number of amides is 3. The maximum Gasteiger partial charge on any atom is 0.409 e. The third-order valence-electron chi connectivity index (χ3n) is 9.52. The van der Waals surface area contributed by atoms with Crippen molar-refractivity contribution < 1.29 is 48.3 Å². The monoisotopic (exact) mass is 753 g/mol. The van der Waals surface area contributed by atoms with Gasteiger partial charge < -0.3 is 39.0 Å². The van der Waals surface area contributed by atoms with Crippen molar-refractivity contribution >= 4 is 52.9 Å². The molecule has 0 unspecified atom stereocenters. The normalized spacial score (nSPS) is 29.9. The fourth-order valence-electron chi connectivity index (χ4n) is 6.23. The number of rotatable bonds is 8. The predicted octanol–water partition coefficient (Wildman–Crippen LogP) is 4.25. The number of carbonyl (C=O) groups excluding carboxylic acids is 4. The van der Waals surface area contributed by atoms with E-state index in [4.69, 9.17) is 30.5 Å². The maximum absolute atomic E-state index is 14.0. The van der Waals surface area contributed by atoms with Crippen LogP contribution in [0.5, 0.6) is 5.75 Å². The lowest BCUT2D eigenvalue weighted by Crippen LogP contribution is -2.63. The minimum absolute atomic E-state index is 0.0994. The van der Waals surface area contributed by atoms with Crippen molar-refractivity contribution in [3.63, 3.8) is 0 Å². The highest BCUT2D eigenvalue weighted by Gasteiger charge is 2.48. The number of anilines is 1. The van der Waals surface area contributed by atoms with Gasteiger partial charge in [0.05, 0.1) is 24.8 Å². The summed E-state index contributed by atoms with van der Waals surface area (Å²) in [5, 5.41) is 26.3. The number of carbonyl (C=O) groups is 4. The van der Waals surface area contributed by atoms with Crippen LogP contribution < -0.4 is 15.0 Å². The van der Waals surface area contributed by atoms with E-state index >= 15 is 0 Å². The summed E-state index contributed by atoms with van der Waals surface area (Å²) < 4.78 is 22.6. The first-order chi connectivity index (χ1) is 23.9. The first kappa shape index (κ1) is 42.1. The molecule has 1 saturated heterocycles. The van der Waals surface area contributed by atoms with Gasteiger partial charge in [-0.2, -0.15) is 11.8 Å². The molecule has 2 aliphatic heterocycles. The van der Waals surface area contributed by atoms with E-state index in [0.717, 1.165) is 11.1 Å². The largest absolute Gasteiger partial charge is 0.495 e. The summed E-state index contributed by atoms with van der Waals surface area (Å²) in [7, 11) is 5.90. The second kappa shape index (κ2) is 18.0. The van der Waals surface area contributed by atoms with Gasteiger partial charge in [0.2, 0.25) is 11.8 Å². The molecule has 7 atom stereocenters. The van der Waals surface area contributed by atoms with Crippen LogP contribution >= 0.6 is 23.4 Å². The van der Waals surface area contributed by atoms with Crippen molar-refractivity contribution in [2.45, 2.75) is 95.5 Å². The van der Waals surface area contributed by atoms with Crippen molar-refractivity contribution in [3.8, 4) is 5.75 Å². The SMILES string of the molecule is COc1cc2cc(c1Cl)N(C)C(=O)C[C@H](OC(=O)[C@H](C)N(C)C(=O)CCSC)[C@](C)(O)C[C@H](C)[C@@H]1C[C@@](O)(NC(=O)O1)[C@H](OC)/C=C/C=C(\C)C2. The molecular formula is C36H52ClN3O10S. The molecule has 284 valence electrons. The van der Waals surface area contributed by atoms with Gasteiger partial charge in [0, 0.05) is 39.8 Å². The number of likely N-dealkylation sites (N-methyl/N-ethyl adjacent to an activating group) is 1. The zero-order valence-corrected chi connectivity index (χ0v) is 32.4. The summed E-state index contributed by atoms with van der Waals surface area (Å²) in [6, 6.07) is 2.50. The van der Waals surface area contributed by atoms with E-state index in [-0.39, 0.29) is 30.2 Å². The summed E-state index contributed by atoms with van der Waals surface area (Å²) in [6.07, 6.45) is 2.88. The van der Waals surface area contributed by atoms with E-state index in [0.29, 0.717) is 23.6 Å². The average Bonchev–Trinajstić information content (AvgIpc) is 3.07. The van der Waals surface area contributed by atoms with Crippen LogP contribution in [0.15, 0.2) is 35.9 Å². The number of hydrogen-bond acceptors (Lipinski definition) is 11. The Morgan fingerprint density at radius 1 is 1.24 bits per heavy atom. The van der Waals surface area contributed by atoms with E-state index in [2.05, 4.69) is 5.32 Å². The second-order valence-electron chi connectivity index (χ2n) is 13.6. The molecule has 0 aliphatic carbocycles. The molecule has 3 amide bonds.